The van der Waals surface area contributed by atoms with E-state index >= 15 is 0 Å². The molecule has 6 heteroatoms. The summed E-state index contributed by atoms with van der Waals surface area (Å²) in [6.07, 6.45) is 0.141. The number of hydrogen-bond donors (Lipinski definition) is 2. The minimum Gasteiger partial charge on any atom is -0.481 e. The Kier molecular flexibility index (Phi) is 6.55. The van der Waals surface area contributed by atoms with Crippen molar-refractivity contribution in [2.45, 2.75) is 32.2 Å². The minimum atomic E-state index is -1.04. The number of esters is 1. The van der Waals surface area contributed by atoms with E-state index in [4.69, 9.17) is 9.84 Å². The summed E-state index contributed by atoms with van der Waals surface area (Å²) in [5.74, 6) is -1.20. The van der Waals surface area contributed by atoms with Crippen molar-refractivity contribution >= 4 is 17.7 Å². The molecular weight excluding hydrogens is 274 g/mol. The maximum Gasteiger partial charge on any atom is 0.311 e. The molecule has 0 saturated carbocycles. The lowest BCUT2D eigenvalue weighted by Gasteiger charge is -2.12. The van der Waals surface area contributed by atoms with Crippen molar-refractivity contribution in [3.05, 3.63) is 29.8 Å². The van der Waals surface area contributed by atoms with Gasteiger partial charge in [0.1, 0.15) is 11.5 Å². The molecule has 2 N–H and O–H groups in total. The average Bonchev–Trinajstić information content (AvgIpc) is 2.44. The topological polar surface area (TPSA) is 92.7 Å². The summed E-state index contributed by atoms with van der Waals surface area (Å²) in [4.78, 5) is 33.1. The number of Topliss-reactive ketones (excluding diaryl/α,β-unsaturated/α-hetero) is 1. The molecule has 0 aromatic heterocycles. The van der Waals surface area contributed by atoms with Gasteiger partial charge in [0.25, 0.3) is 0 Å². The number of carboxylic acids is 1. The molecule has 1 aromatic carbocycles. The fraction of sp³-hybridized carbons (Fsp3) is 0.400. The lowest BCUT2D eigenvalue weighted by molar-refractivity contribution is -0.142. The van der Waals surface area contributed by atoms with E-state index in [1.165, 1.54) is 6.92 Å². The number of ketones is 1. The van der Waals surface area contributed by atoms with Crippen molar-refractivity contribution < 1.29 is 24.2 Å². The molecule has 114 valence electrons. The Labute approximate surface area is 123 Å². The Bertz CT molecular complexity index is 509. The molecule has 1 rings (SSSR count). The van der Waals surface area contributed by atoms with Gasteiger partial charge < -0.3 is 15.2 Å². The van der Waals surface area contributed by atoms with Crippen molar-refractivity contribution in [2.24, 2.45) is 0 Å². The van der Waals surface area contributed by atoms with Crippen LogP contribution < -0.4 is 10.1 Å². The first-order valence-electron chi connectivity index (χ1n) is 6.61. The molecular formula is C15H19NO5. The molecule has 0 amide bonds. The smallest absolute Gasteiger partial charge is 0.311 e. The normalized spacial score (nSPS) is 11.7. The second-order valence-electron chi connectivity index (χ2n) is 4.67. The van der Waals surface area contributed by atoms with Gasteiger partial charge in [0.15, 0.2) is 0 Å². The van der Waals surface area contributed by atoms with Crippen LogP contribution in [0.3, 0.4) is 0 Å². The lowest BCUT2D eigenvalue weighted by Crippen LogP contribution is -2.34. The fourth-order valence-electron chi connectivity index (χ4n) is 1.77. The van der Waals surface area contributed by atoms with Crippen molar-refractivity contribution in [3.8, 4) is 5.75 Å². The van der Waals surface area contributed by atoms with Crippen LogP contribution in [0, 0.1) is 0 Å². The Morgan fingerprint density at radius 2 is 1.81 bits per heavy atom. The molecule has 0 heterocycles. The Morgan fingerprint density at radius 3 is 2.29 bits per heavy atom. The van der Waals surface area contributed by atoms with Crippen molar-refractivity contribution in [1.29, 1.82) is 0 Å². The number of aliphatic carboxylic acids is 1. The van der Waals surface area contributed by atoms with Crippen molar-refractivity contribution in [1.82, 2.24) is 5.32 Å². The van der Waals surface area contributed by atoms with Gasteiger partial charge in [-0.1, -0.05) is 12.1 Å². The number of hydrogen-bond acceptors (Lipinski definition) is 5. The maximum atomic E-state index is 11.4. The van der Waals surface area contributed by atoms with Crippen LogP contribution in [-0.2, 0) is 20.8 Å². The maximum absolute atomic E-state index is 11.4. The zero-order valence-corrected chi connectivity index (χ0v) is 12.1. The lowest BCUT2D eigenvalue weighted by atomic mass is 10.0. The summed E-state index contributed by atoms with van der Waals surface area (Å²) in [6, 6.07) is 6.55. The molecule has 0 radical (unpaired) electrons. The number of carbonyl (C=O) groups excluding carboxylic acids is 2. The van der Waals surface area contributed by atoms with Crippen LogP contribution in [0.1, 0.15) is 25.3 Å². The average molecular weight is 293 g/mol. The second-order valence-corrected chi connectivity index (χ2v) is 4.67. The number of carboxylic acid groups (broad SMARTS) is 1. The van der Waals surface area contributed by atoms with Crippen LogP contribution in [0.2, 0.25) is 0 Å². The molecule has 21 heavy (non-hydrogen) atoms. The molecule has 1 unspecified atom stereocenters. The number of likely N-dealkylation sites (N-methyl/N-ethyl adjacent to an activating group) is 1. The minimum absolute atomic E-state index is 0.0571. The van der Waals surface area contributed by atoms with E-state index in [0.29, 0.717) is 12.2 Å². The van der Waals surface area contributed by atoms with Gasteiger partial charge in [-0.05, 0) is 38.1 Å². The van der Waals surface area contributed by atoms with E-state index in [1.54, 1.807) is 31.3 Å². The van der Waals surface area contributed by atoms with E-state index < -0.39 is 11.9 Å². The highest BCUT2D eigenvalue weighted by Gasteiger charge is 2.12. The number of nitrogens with one attached hydrogen (secondary N) is 1. The van der Waals surface area contributed by atoms with Gasteiger partial charge in [0, 0.05) is 0 Å². The molecule has 1 aromatic rings. The first kappa shape index (κ1) is 16.8. The van der Waals surface area contributed by atoms with Gasteiger partial charge in [0.05, 0.1) is 18.9 Å². The van der Waals surface area contributed by atoms with E-state index in [-0.39, 0.29) is 24.7 Å². The van der Waals surface area contributed by atoms with Gasteiger partial charge in [0.2, 0.25) is 0 Å². The molecule has 0 bridgehead atoms. The third-order valence-electron chi connectivity index (χ3n) is 2.98. The number of rotatable bonds is 8. The van der Waals surface area contributed by atoms with Gasteiger partial charge >= 0.3 is 11.9 Å². The van der Waals surface area contributed by atoms with E-state index in [9.17, 15) is 14.4 Å². The third-order valence-corrected chi connectivity index (χ3v) is 2.98. The molecule has 6 nitrogen and oxygen atoms in total. The van der Waals surface area contributed by atoms with Crippen LogP contribution in [0.25, 0.3) is 0 Å². The van der Waals surface area contributed by atoms with Crippen LogP contribution >= 0.6 is 0 Å². The Hall–Kier alpha value is -2.21. The molecule has 0 saturated heterocycles. The summed E-state index contributed by atoms with van der Waals surface area (Å²) in [7, 11) is 1.73. The number of ether oxygens (including phenoxy) is 1. The molecule has 1 atom stereocenters. The zero-order chi connectivity index (χ0) is 15.8. The molecule has 0 aliphatic heterocycles. The Balaban J connectivity index is 2.55. The predicted molar refractivity (Wildman–Crippen MR) is 76.2 cm³/mol. The highest BCUT2D eigenvalue weighted by molar-refractivity contribution is 5.81. The van der Waals surface area contributed by atoms with Gasteiger partial charge in [-0.15, -0.1) is 0 Å². The van der Waals surface area contributed by atoms with Gasteiger partial charge in [-0.2, -0.15) is 0 Å². The first-order chi connectivity index (χ1) is 9.92. The summed E-state index contributed by atoms with van der Waals surface area (Å²) in [5, 5.41) is 11.4. The van der Waals surface area contributed by atoms with Crippen LogP contribution in [0.5, 0.6) is 5.75 Å². The summed E-state index contributed by atoms with van der Waals surface area (Å²) < 4.78 is 5.01. The largest absolute Gasteiger partial charge is 0.481 e. The summed E-state index contributed by atoms with van der Waals surface area (Å²) >= 11 is 0. The van der Waals surface area contributed by atoms with Crippen LogP contribution in [0.4, 0.5) is 0 Å². The quantitative estimate of drug-likeness (QED) is 0.552. The van der Waals surface area contributed by atoms with E-state index in [1.807, 2.05) is 0 Å². The monoisotopic (exact) mass is 293 g/mol. The molecule has 0 fully saturated rings. The zero-order valence-electron chi connectivity index (χ0n) is 12.1. The van der Waals surface area contributed by atoms with E-state index in [0.717, 1.165) is 5.56 Å². The third kappa shape index (κ3) is 6.18. The highest BCUT2D eigenvalue weighted by Crippen LogP contribution is 2.14. The van der Waals surface area contributed by atoms with Crippen LogP contribution in [0.15, 0.2) is 24.3 Å². The predicted octanol–water partition coefficient (Wildman–Crippen LogP) is 1.18. The second kappa shape index (κ2) is 8.16. The van der Waals surface area contributed by atoms with E-state index in [2.05, 4.69) is 5.32 Å². The number of benzene rings is 1. The van der Waals surface area contributed by atoms with Crippen molar-refractivity contribution in [2.75, 3.05) is 7.05 Å². The van der Waals surface area contributed by atoms with Crippen molar-refractivity contribution in [3.63, 3.8) is 0 Å². The van der Waals surface area contributed by atoms with Gasteiger partial charge in [-0.25, -0.2) is 0 Å². The fourth-order valence-corrected chi connectivity index (χ4v) is 1.77. The SMILES string of the molecule is CNC(Cc1ccc(OC(=O)CCC(=O)O)cc1)C(C)=O. The molecule has 0 spiro atoms. The molecule has 0 aliphatic carbocycles. The Morgan fingerprint density at radius 1 is 1.19 bits per heavy atom. The van der Waals surface area contributed by atoms with Gasteiger partial charge in [-0.3, -0.25) is 14.4 Å². The summed E-state index contributed by atoms with van der Waals surface area (Å²) in [5.41, 5.74) is 0.940. The number of carbonyl (C=O) groups is 3. The first-order valence-corrected chi connectivity index (χ1v) is 6.61. The van der Waals surface area contributed by atoms with Crippen LogP contribution in [-0.4, -0.2) is 35.9 Å². The standard InChI is InChI=1S/C15H19NO5/c1-10(17)13(16-2)9-11-3-5-12(6-4-11)21-15(20)8-7-14(18)19/h3-6,13,16H,7-9H2,1-2H3,(H,18,19). The highest BCUT2D eigenvalue weighted by atomic mass is 16.5. The summed E-state index contributed by atoms with van der Waals surface area (Å²) in [6.45, 7) is 1.53. The molecule has 0 aliphatic rings.